The summed E-state index contributed by atoms with van der Waals surface area (Å²) >= 11 is 0. The molecule has 0 radical (unpaired) electrons. The Balaban J connectivity index is 1.74. The summed E-state index contributed by atoms with van der Waals surface area (Å²) in [6.45, 7) is 16.4. The first-order chi connectivity index (χ1) is 12.6. The largest absolute Gasteiger partial charge is 0.379 e. The minimum absolute atomic E-state index is 0.545. The van der Waals surface area contributed by atoms with Crippen molar-refractivity contribution in [1.29, 1.82) is 0 Å². The van der Waals surface area contributed by atoms with E-state index in [1.165, 1.54) is 38.9 Å². The molecule has 2 aliphatic rings. The molecule has 0 saturated carbocycles. The van der Waals surface area contributed by atoms with Crippen molar-refractivity contribution in [3.63, 3.8) is 0 Å². The average molecular weight is 368 g/mol. The highest BCUT2D eigenvalue weighted by atomic mass is 16.5. The van der Waals surface area contributed by atoms with Crippen molar-refractivity contribution in [2.45, 2.75) is 46.1 Å². The molecule has 2 atom stereocenters. The van der Waals surface area contributed by atoms with E-state index < -0.39 is 0 Å². The van der Waals surface area contributed by atoms with Crippen LogP contribution in [0.15, 0.2) is 4.99 Å². The first-order valence-electron chi connectivity index (χ1n) is 10.6. The predicted octanol–water partition coefficient (Wildman–Crippen LogP) is 1.63. The van der Waals surface area contributed by atoms with Gasteiger partial charge in [0.1, 0.15) is 0 Å². The molecule has 0 bridgehead atoms. The average Bonchev–Trinajstić information content (AvgIpc) is 3.09. The van der Waals surface area contributed by atoms with Crippen LogP contribution >= 0.6 is 0 Å². The molecule has 152 valence electrons. The van der Waals surface area contributed by atoms with Crippen LogP contribution in [-0.4, -0.2) is 87.9 Å². The number of nitrogens with zero attached hydrogens (tertiary/aromatic N) is 3. The lowest BCUT2D eigenvalue weighted by atomic mass is 10.0. The molecule has 2 aliphatic heterocycles. The van der Waals surface area contributed by atoms with Gasteiger partial charge in [-0.25, -0.2) is 0 Å². The number of likely N-dealkylation sites (tertiary alicyclic amines) is 1. The van der Waals surface area contributed by atoms with Crippen LogP contribution in [0.3, 0.4) is 0 Å². The SMILES string of the molecule is CCCN1CCC(CNC(=NC)NCC(CC(C)C)N2CCOCC2)C1. The van der Waals surface area contributed by atoms with Gasteiger partial charge >= 0.3 is 0 Å². The quantitative estimate of drug-likeness (QED) is 0.479. The van der Waals surface area contributed by atoms with E-state index >= 15 is 0 Å². The maximum absolute atomic E-state index is 5.52. The molecule has 2 fully saturated rings. The molecule has 0 amide bonds. The van der Waals surface area contributed by atoms with Gasteiger partial charge in [-0.2, -0.15) is 0 Å². The maximum atomic E-state index is 5.52. The number of ether oxygens (including phenoxy) is 1. The molecule has 2 rings (SSSR count). The summed E-state index contributed by atoms with van der Waals surface area (Å²) in [5.74, 6) is 2.38. The fourth-order valence-corrected chi connectivity index (χ4v) is 4.12. The summed E-state index contributed by atoms with van der Waals surface area (Å²) in [5, 5.41) is 7.13. The van der Waals surface area contributed by atoms with Gasteiger partial charge < -0.3 is 20.3 Å². The van der Waals surface area contributed by atoms with Gasteiger partial charge in [0.05, 0.1) is 13.2 Å². The smallest absolute Gasteiger partial charge is 0.191 e. The van der Waals surface area contributed by atoms with Crippen molar-refractivity contribution in [1.82, 2.24) is 20.4 Å². The molecule has 6 heteroatoms. The van der Waals surface area contributed by atoms with E-state index in [0.29, 0.717) is 12.0 Å². The van der Waals surface area contributed by atoms with Gasteiger partial charge in [-0.3, -0.25) is 9.89 Å². The number of hydrogen-bond acceptors (Lipinski definition) is 4. The van der Waals surface area contributed by atoms with Crippen LogP contribution in [0.4, 0.5) is 0 Å². The Hall–Kier alpha value is -0.850. The van der Waals surface area contributed by atoms with Gasteiger partial charge in [0.2, 0.25) is 0 Å². The third kappa shape index (κ3) is 7.41. The first kappa shape index (κ1) is 21.5. The van der Waals surface area contributed by atoms with Crippen LogP contribution in [0.25, 0.3) is 0 Å². The highest BCUT2D eigenvalue weighted by Crippen LogP contribution is 2.15. The molecule has 2 unspecified atom stereocenters. The van der Waals surface area contributed by atoms with E-state index in [4.69, 9.17) is 4.74 Å². The summed E-state index contributed by atoms with van der Waals surface area (Å²) in [4.78, 5) is 9.59. The molecule has 0 aromatic carbocycles. The van der Waals surface area contributed by atoms with Gasteiger partial charge in [0.25, 0.3) is 0 Å². The molecule has 0 aliphatic carbocycles. The number of aliphatic imine (C=N–C) groups is 1. The monoisotopic (exact) mass is 367 g/mol. The van der Waals surface area contributed by atoms with E-state index in [9.17, 15) is 0 Å². The van der Waals surface area contributed by atoms with E-state index in [1.54, 1.807) is 0 Å². The van der Waals surface area contributed by atoms with Gasteiger partial charge in [-0.15, -0.1) is 0 Å². The van der Waals surface area contributed by atoms with Crippen LogP contribution in [0.5, 0.6) is 0 Å². The standard InChI is InChI=1S/C20H41N5O/c1-5-7-24-8-6-18(16-24)14-22-20(21-4)23-15-19(13-17(2)3)25-9-11-26-12-10-25/h17-19H,5-16H2,1-4H3,(H2,21,22,23). The highest BCUT2D eigenvalue weighted by molar-refractivity contribution is 5.79. The second kappa shape index (κ2) is 11.8. The lowest BCUT2D eigenvalue weighted by Crippen LogP contribution is -2.51. The fourth-order valence-electron chi connectivity index (χ4n) is 4.12. The fraction of sp³-hybridized carbons (Fsp3) is 0.950. The molecule has 2 N–H and O–H groups in total. The Kier molecular flexibility index (Phi) is 9.72. The van der Waals surface area contributed by atoms with Crippen LogP contribution in [-0.2, 0) is 4.74 Å². The van der Waals surface area contributed by atoms with Crippen LogP contribution in [0, 0.1) is 11.8 Å². The summed E-state index contributed by atoms with van der Waals surface area (Å²) in [5.41, 5.74) is 0. The highest BCUT2D eigenvalue weighted by Gasteiger charge is 2.23. The van der Waals surface area contributed by atoms with Gasteiger partial charge in [0, 0.05) is 45.8 Å². The molecular formula is C20H41N5O. The van der Waals surface area contributed by atoms with Crippen LogP contribution < -0.4 is 10.6 Å². The number of rotatable bonds is 9. The number of hydrogen-bond donors (Lipinski definition) is 2. The number of nitrogens with one attached hydrogen (secondary N) is 2. The molecule has 0 spiro atoms. The molecule has 0 aromatic rings. The van der Waals surface area contributed by atoms with Crippen molar-refractivity contribution in [3.8, 4) is 0 Å². The summed E-state index contributed by atoms with van der Waals surface area (Å²) in [7, 11) is 1.87. The second-order valence-corrected chi connectivity index (χ2v) is 8.22. The summed E-state index contributed by atoms with van der Waals surface area (Å²) in [6.07, 6.45) is 3.76. The minimum Gasteiger partial charge on any atom is -0.379 e. The predicted molar refractivity (Wildman–Crippen MR) is 110 cm³/mol. The zero-order valence-corrected chi connectivity index (χ0v) is 17.5. The Bertz CT molecular complexity index is 409. The molecule has 2 heterocycles. The molecule has 26 heavy (non-hydrogen) atoms. The Morgan fingerprint density at radius 3 is 2.62 bits per heavy atom. The lowest BCUT2D eigenvalue weighted by molar-refractivity contribution is 0.0132. The third-order valence-electron chi connectivity index (χ3n) is 5.50. The van der Waals surface area contributed by atoms with Gasteiger partial charge in [-0.05, 0) is 44.2 Å². The van der Waals surface area contributed by atoms with Crippen molar-refractivity contribution < 1.29 is 4.74 Å². The van der Waals surface area contributed by atoms with Crippen molar-refractivity contribution in [2.24, 2.45) is 16.8 Å². The van der Waals surface area contributed by atoms with Gasteiger partial charge in [0.15, 0.2) is 5.96 Å². The van der Waals surface area contributed by atoms with Crippen molar-refractivity contribution in [2.75, 3.05) is 66.1 Å². The van der Waals surface area contributed by atoms with Crippen LogP contribution in [0.1, 0.15) is 40.0 Å². The maximum Gasteiger partial charge on any atom is 0.191 e. The topological polar surface area (TPSA) is 52.1 Å². The van der Waals surface area contributed by atoms with Crippen molar-refractivity contribution in [3.05, 3.63) is 0 Å². The lowest BCUT2D eigenvalue weighted by Gasteiger charge is -2.35. The Morgan fingerprint density at radius 2 is 1.96 bits per heavy atom. The number of guanidine groups is 1. The molecule has 0 aromatic heterocycles. The van der Waals surface area contributed by atoms with E-state index in [-0.39, 0.29) is 0 Å². The Labute approximate surface area is 160 Å². The second-order valence-electron chi connectivity index (χ2n) is 8.22. The van der Waals surface area contributed by atoms with Gasteiger partial charge in [-0.1, -0.05) is 20.8 Å². The molecular weight excluding hydrogens is 326 g/mol. The zero-order chi connectivity index (χ0) is 18.8. The number of morpholine rings is 1. The summed E-state index contributed by atoms with van der Waals surface area (Å²) in [6, 6.07) is 0.545. The molecule has 2 saturated heterocycles. The van der Waals surface area contributed by atoms with E-state index in [2.05, 4.69) is 46.2 Å². The minimum atomic E-state index is 0.545. The van der Waals surface area contributed by atoms with E-state index in [1.807, 2.05) is 7.05 Å². The van der Waals surface area contributed by atoms with E-state index in [0.717, 1.165) is 51.3 Å². The van der Waals surface area contributed by atoms with Crippen LogP contribution in [0.2, 0.25) is 0 Å². The first-order valence-corrected chi connectivity index (χ1v) is 10.6. The molecule has 6 nitrogen and oxygen atoms in total. The summed E-state index contributed by atoms with van der Waals surface area (Å²) < 4.78 is 5.52. The zero-order valence-electron chi connectivity index (χ0n) is 17.5. The normalized spacial score (nSPS) is 24.2. The third-order valence-corrected chi connectivity index (χ3v) is 5.50. The Morgan fingerprint density at radius 1 is 1.19 bits per heavy atom. The van der Waals surface area contributed by atoms with Crippen molar-refractivity contribution >= 4 is 5.96 Å².